The van der Waals surface area contributed by atoms with Crippen molar-refractivity contribution >= 4 is 11.9 Å². The first-order valence-electron chi connectivity index (χ1n) is 19.6. The third kappa shape index (κ3) is 18.1. The zero-order valence-electron chi connectivity index (χ0n) is 31.9. The Labute approximate surface area is 319 Å². The Morgan fingerprint density at radius 3 is 1.83 bits per heavy atom. The Morgan fingerprint density at radius 2 is 1.17 bits per heavy atom. The van der Waals surface area contributed by atoms with Gasteiger partial charge in [0.15, 0.2) is 18.7 Å². The van der Waals surface area contributed by atoms with Gasteiger partial charge >= 0.3 is 11.9 Å². The molecule has 2 saturated heterocycles. The van der Waals surface area contributed by atoms with Crippen molar-refractivity contribution in [2.75, 3.05) is 26.4 Å². The molecule has 0 saturated carbocycles. The molecule has 2 fully saturated rings. The van der Waals surface area contributed by atoms with Crippen LogP contribution in [-0.2, 0) is 38.0 Å². The molecular formula is C39H66O15. The molecule has 2 aliphatic rings. The average molecular weight is 775 g/mol. The second kappa shape index (κ2) is 28.2. The van der Waals surface area contributed by atoms with E-state index in [0.29, 0.717) is 12.8 Å². The van der Waals surface area contributed by atoms with Crippen molar-refractivity contribution in [1.29, 1.82) is 0 Å². The fourth-order valence-corrected chi connectivity index (χ4v) is 5.82. The summed E-state index contributed by atoms with van der Waals surface area (Å²) in [6.45, 7) is 2.21. The zero-order chi connectivity index (χ0) is 39.7. The molecule has 2 aliphatic heterocycles. The van der Waals surface area contributed by atoms with E-state index in [-0.39, 0.29) is 19.4 Å². The molecule has 15 heteroatoms. The number of rotatable bonds is 27. The molecule has 0 aliphatic carbocycles. The predicted molar refractivity (Wildman–Crippen MR) is 197 cm³/mol. The van der Waals surface area contributed by atoms with Crippen LogP contribution in [0.3, 0.4) is 0 Å². The molecule has 312 valence electrons. The first kappa shape index (κ1) is 47.9. The molecule has 2 heterocycles. The van der Waals surface area contributed by atoms with Crippen LogP contribution in [0.15, 0.2) is 36.5 Å². The van der Waals surface area contributed by atoms with Crippen molar-refractivity contribution in [3.8, 4) is 0 Å². The molecule has 0 aromatic rings. The van der Waals surface area contributed by atoms with Gasteiger partial charge in [-0.3, -0.25) is 9.59 Å². The maximum atomic E-state index is 12.8. The first-order valence-corrected chi connectivity index (χ1v) is 19.6. The lowest BCUT2D eigenvalue weighted by molar-refractivity contribution is -0.332. The second-order valence-electron chi connectivity index (χ2n) is 13.7. The number of hydrogen-bond acceptors (Lipinski definition) is 15. The number of aliphatic hydroxyl groups is 7. The minimum Gasteiger partial charge on any atom is -0.462 e. The quantitative estimate of drug-likeness (QED) is 0.0361. The Bertz CT molecular complexity index is 1100. The fraction of sp³-hybridized carbons (Fsp3) is 0.795. The van der Waals surface area contributed by atoms with E-state index in [1.807, 2.05) is 6.92 Å². The summed E-state index contributed by atoms with van der Waals surface area (Å²) < 4.78 is 33.0. The van der Waals surface area contributed by atoms with E-state index in [2.05, 4.69) is 43.4 Å². The van der Waals surface area contributed by atoms with Crippen molar-refractivity contribution in [2.24, 2.45) is 0 Å². The molecule has 0 radical (unpaired) electrons. The molecule has 0 aromatic heterocycles. The van der Waals surface area contributed by atoms with Gasteiger partial charge in [-0.05, 0) is 44.9 Å². The number of esters is 2. The lowest BCUT2D eigenvalue weighted by Gasteiger charge is -2.42. The van der Waals surface area contributed by atoms with E-state index < -0.39 is 99.3 Å². The third-order valence-electron chi connectivity index (χ3n) is 9.13. The van der Waals surface area contributed by atoms with Crippen LogP contribution in [0.5, 0.6) is 0 Å². The van der Waals surface area contributed by atoms with E-state index in [1.165, 1.54) is 0 Å². The highest BCUT2D eigenvalue weighted by atomic mass is 16.7. The van der Waals surface area contributed by atoms with Crippen LogP contribution >= 0.6 is 0 Å². The number of carbonyl (C=O) groups is 2. The van der Waals surface area contributed by atoms with Gasteiger partial charge in [0, 0.05) is 12.8 Å². The Hall–Kier alpha value is -2.28. The summed E-state index contributed by atoms with van der Waals surface area (Å²) in [5.74, 6) is -0.980. The molecule has 7 N–H and O–H groups in total. The molecule has 54 heavy (non-hydrogen) atoms. The highest BCUT2D eigenvalue weighted by molar-refractivity contribution is 5.70. The van der Waals surface area contributed by atoms with Crippen LogP contribution in [0.25, 0.3) is 0 Å². The van der Waals surface area contributed by atoms with E-state index in [9.17, 15) is 45.3 Å². The number of unbranched alkanes of at least 4 members (excludes halogenated alkanes) is 7. The zero-order valence-corrected chi connectivity index (χ0v) is 31.9. The molecule has 0 bridgehead atoms. The van der Waals surface area contributed by atoms with Crippen LogP contribution in [0.4, 0.5) is 0 Å². The molecule has 0 spiro atoms. The molecule has 0 aromatic carbocycles. The summed E-state index contributed by atoms with van der Waals surface area (Å²) in [6.07, 6.45) is 7.36. The molecular weight excluding hydrogens is 708 g/mol. The van der Waals surface area contributed by atoms with Crippen LogP contribution in [0, 0.1) is 0 Å². The Balaban J connectivity index is 1.84. The topological polar surface area (TPSA) is 231 Å². The summed E-state index contributed by atoms with van der Waals surface area (Å²) in [4.78, 5) is 25.1. The monoisotopic (exact) mass is 774 g/mol. The first-order chi connectivity index (χ1) is 26.0. The predicted octanol–water partition coefficient (Wildman–Crippen LogP) is 2.25. The van der Waals surface area contributed by atoms with Gasteiger partial charge in [0.1, 0.15) is 55.4 Å². The minimum absolute atomic E-state index is 0.144. The van der Waals surface area contributed by atoms with Gasteiger partial charge in [-0.2, -0.15) is 0 Å². The van der Waals surface area contributed by atoms with Crippen molar-refractivity contribution in [3.63, 3.8) is 0 Å². The standard InChI is InChI=1S/C39H66O15/c1-3-5-7-8-9-10-11-12-13-14-15-16-17-18-20-22-31(42)52-27(24-49-30(41)21-19-6-4-2)25-50-38-37(48)35(46)33(44)29(54-38)26-51-39-36(47)34(45)32(43)28(23-40)53-39/h5,7,9-10,12-13,27-29,32-40,43-48H,3-4,6,8,11,14-26H2,1-2H3/b7-5-,10-9-,13-12-. The van der Waals surface area contributed by atoms with Crippen molar-refractivity contribution in [2.45, 2.75) is 171 Å². The number of aliphatic hydroxyl groups excluding tert-OH is 7. The number of ether oxygens (including phenoxy) is 6. The lowest BCUT2D eigenvalue weighted by atomic mass is 9.98. The summed E-state index contributed by atoms with van der Waals surface area (Å²) in [5.41, 5.74) is 0. The Kier molecular flexibility index (Phi) is 25.0. The largest absolute Gasteiger partial charge is 0.462 e. The Morgan fingerprint density at radius 1 is 0.611 bits per heavy atom. The van der Waals surface area contributed by atoms with Crippen molar-refractivity contribution in [1.82, 2.24) is 0 Å². The van der Waals surface area contributed by atoms with Gasteiger partial charge in [-0.15, -0.1) is 0 Å². The smallest absolute Gasteiger partial charge is 0.306 e. The molecule has 11 unspecified atom stereocenters. The normalized spacial score (nSPS) is 29.6. The van der Waals surface area contributed by atoms with Gasteiger partial charge in [0.25, 0.3) is 0 Å². The van der Waals surface area contributed by atoms with Gasteiger partial charge in [0.2, 0.25) is 0 Å². The van der Waals surface area contributed by atoms with E-state index in [4.69, 9.17) is 28.4 Å². The SMILES string of the molecule is CC/C=C\C/C=C\C/C=C\CCCCCCCC(=O)OC(COC(=O)CCCCC)COC1OC(COC2OC(CO)C(O)C(O)C2O)C(O)C(O)C1O. The van der Waals surface area contributed by atoms with Crippen LogP contribution in [-0.4, -0.2) is 142 Å². The highest BCUT2D eigenvalue weighted by Gasteiger charge is 2.47. The molecule has 15 nitrogen and oxygen atoms in total. The molecule has 0 amide bonds. The van der Waals surface area contributed by atoms with Crippen LogP contribution in [0.2, 0.25) is 0 Å². The number of hydrogen-bond donors (Lipinski definition) is 7. The van der Waals surface area contributed by atoms with E-state index in [0.717, 1.165) is 64.2 Å². The minimum atomic E-state index is -1.76. The van der Waals surface area contributed by atoms with Crippen LogP contribution < -0.4 is 0 Å². The van der Waals surface area contributed by atoms with Gasteiger partial charge in [0.05, 0.1) is 19.8 Å². The van der Waals surface area contributed by atoms with Gasteiger partial charge < -0.3 is 64.2 Å². The number of allylic oxidation sites excluding steroid dienone is 6. The van der Waals surface area contributed by atoms with Crippen molar-refractivity contribution < 1.29 is 73.8 Å². The summed E-state index contributed by atoms with van der Waals surface area (Å²) in [5, 5.41) is 71.3. The van der Waals surface area contributed by atoms with Crippen LogP contribution in [0.1, 0.15) is 104 Å². The van der Waals surface area contributed by atoms with Gasteiger partial charge in [-0.25, -0.2) is 0 Å². The van der Waals surface area contributed by atoms with E-state index in [1.54, 1.807) is 0 Å². The second-order valence-corrected chi connectivity index (χ2v) is 13.7. The lowest BCUT2D eigenvalue weighted by Crippen LogP contribution is -2.61. The summed E-state index contributed by atoms with van der Waals surface area (Å²) in [6, 6.07) is 0. The average Bonchev–Trinajstić information content (AvgIpc) is 3.16. The third-order valence-corrected chi connectivity index (χ3v) is 9.13. The summed E-state index contributed by atoms with van der Waals surface area (Å²) >= 11 is 0. The molecule has 2 rings (SSSR count). The van der Waals surface area contributed by atoms with Gasteiger partial charge in [-0.1, -0.05) is 82.4 Å². The highest BCUT2D eigenvalue weighted by Crippen LogP contribution is 2.26. The maximum absolute atomic E-state index is 12.8. The molecule has 11 atom stereocenters. The van der Waals surface area contributed by atoms with Crippen molar-refractivity contribution in [3.05, 3.63) is 36.5 Å². The maximum Gasteiger partial charge on any atom is 0.306 e. The van der Waals surface area contributed by atoms with E-state index >= 15 is 0 Å². The summed E-state index contributed by atoms with van der Waals surface area (Å²) in [7, 11) is 0. The number of carbonyl (C=O) groups excluding carboxylic acids is 2. The fourth-order valence-electron chi connectivity index (χ4n) is 5.82.